The standard InChI is InChI=1S/C6H10O4/c7-6(10-8)4-5-2-1-3-9-5/h5,8H,1-4H2. The summed E-state index contributed by atoms with van der Waals surface area (Å²) in [6, 6.07) is 0. The van der Waals surface area contributed by atoms with Gasteiger partial charge in [-0.1, -0.05) is 0 Å². The molecular formula is C6H10O4. The van der Waals surface area contributed by atoms with E-state index in [-0.39, 0.29) is 12.5 Å². The van der Waals surface area contributed by atoms with E-state index in [0.717, 1.165) is 12.8 Å². The summed E-state index contributed by atoms with van der Waals surface area (Å²) in [7, 11) is 0. The van der Waals surface area contributed by atoms with Crippen LogP contribution in [0, 0.1) is 0 Å². The molecule has 0 aliphatic carbocycles. The van der Waals surface area contributed by atoms with E-state index in [0.29, 0.717) is 6.61 Å². The summed E-state index contributed by atoms with van der Waals surface area (Å²) in [5, 5.41) is 7.89. The van der Waals surface area contributed by atoms with Gasteiger partial charge in [-0.05, 0) is 12.8 Å². The Morgan fingerprint density at radius 2 is 2.60 bits per heavy atom. The average molecular weight is 146 g/mol. The van der Waals surface area contributed by atoms with Crippen LogP contribution in [0.15, 0.2) is 0 Å². The molecule has 1 N–H and O–H groups in total. The van der Waals surface area contributed by atoms with Crippen molar-refractivity contribution in [2.75, 3.05) is 6.61 Å². The predicted molar refractivity (Wildman–Crippen MR) is 32.3 cm³/mol. The lowest BCUT2D eigenvalue weighted by Gasteiger charge is -2.04. The van der Waals surface area contributed by atoms with Crippen molar-refractivity contribution in [1.82, 2.24) is 0 Å². The Morgan fingerprint density at radius 3 is 3.10 bits per heavy atom. The van der Waals surface area contributed by atoms with E-state index in [1.54, 1.807) is 0 Å². The molecule has 58 valence electrons. The molecule has 1 unspecified atom stereocenters. The molecule has 1 fully saturated rings. The molecule has 0 bridgehead atoms. The van der Waals surface area contributed by atoms with Crippen molar-refractivity contribution >= 4 is 5.97 Å². The lowest BCUT2D eigenvalue weighted by molar-refractivity contribution is -0.236. The molecule has 1 aliphatic heterocycles. The van der Waals surface area contributed by atoms with Crippen LogP contribution in [0.4, 0.5) is 0 Å². The van der Waals surface area contributed by atoms with Crippen LogP contribution in [0.2, 0.25) is 0 Å². The van der Waals surface area contributed by atoms with E-state index in [9.17, 15) is 4.79 Å². The van der Waals surface area contributed by atoms with E-state index in [2.05, 4.69) is 4.89 Å². The Labute approximate surface area is 58.7 Å². The normalized spacial score (nSPS) is 24.7. The highest BCUT2D eigenvalue weighted by molar-refractivity contribution is 5.69. The van der Waals surface area contributed by atoms with Crippen LogP contribution >= 0.6 is 0 Å². The first-order valence-electron chi connectivity index (χ1n) is 3.29. The first-order chi connectivity index (χ1) is 4.83. The molecule has 1 heterocycles. The van der Waals surface area contributed by atoms with Gasteiger partial charge in [-0.2, -0.15) is 5.26 Å². The van der Waals surface area contributed by atoms with Crippen molar-refractivity contribution in [2.45, 2.75) is 25.4 Å². The number of hydrogen-bond acceptors (Lipinski definition) is 4. The summed E-state index contributed by atoms with van der Waals surface area (Å²) in [5.41, 5.74) is 0. The van der Waals surface area contributed by atoms with Gasteiger partial charge in [-0.3, -0.25) is 0 Å². The lowest BCUT2D eigenvalue weighted by Crippen LogP contribution is -2.13. The van der Waals surface area contributed by atoms with Gasteiger partial charge < -0.3 is 9.62 Å². The van der Waals surface area contributed by atoms with E-state index in [1.807, 2.05) is 0 Å². The minimum atomic E-state index is -0.619. The van der Waals surface area contributed by atoms with Crippen molar-refractivity contribution in [3.63, 3.8) is 0 Å². The minimum absolute atomic E-state index is 0.0420. The van der Waals surface area contributed by atoms with Gasteiger partial charge in [0.2, 0.25) is 0 Å². The molecule has 1 atom stereocenters. The fourth-order valence-electron chi connectivity index (χ4n) is 1.03. The van der Waals surface area contributed by atoms with Gasteiger partial charge >= 0.3 is 5.97 Å². The van der Waals surface area contributed by atoms with Gasteiger partial charge in [0.25, 0.3) is 0 Å². The van der Waals surface area contributed by atoms with E-state index < -0.39 is 5.97 Å². The molecular weight excluding hydrogens is 136 g/mol. The van der Waals surface area contributed by atoms with Gasteiger partial charge in [0.15, 0.2) is 0 Å². The van der Waals surface area contributed by atoms with Crippen molar-refractivity contribution in [3.8, 4) is 0 Å². The maximum atomic E-state index is 10.4. The molecule has 0 aromatic rings. The molecule has 10 heavy (non-hydrogen) atoms. The van der Waals surface area contributed by atoms with Crippen LogP contribution in [0.5, 0.6) is 0 Å². The Balaban J connectivity index is 2.17. The Morgan fingerprint density at radius 1 is 1.80 bits per heavy atom. The molecule has 0 aromatic heterocycles. The zero-order chi connectivity index (χ0) is 7.40. The van der Waals surface area contributed by atoms with E-state index in [1.165, 1.54) is 0 Å². The fraction of sp³-hybridized carbons (Fsp3) is 0.833. The molecule has 0 radical (unpaired) electrons. The van der Waals surface area contributed by atoms with Crippen LogP contribution in [-0.2, 0) is 14.4 Å². The zero-order valence-corrected chi connectivity index (χ0v) is 5.58. The van der Waals surface area contributed by atoms with Gasteiger partial charge in [-0.25, -0.2) is 4.79 Å². The number of carbonyl (C=O) groups excluding carboxylic acids is 1. The maximum Gasteiger partial charge on any atom is 0.344 e. The van der Waals surface area contributed by atoms with Gasteiger partial charge in [-0.15, -0.1) is 0 Å². The summed E-state index contributed by atoms with van der Waals surface area (Å²) in [4.78, 5) is 13.9. The molecule has 1 saturated heterocycles. The fourth-order valence-corrected chi connectivity index (χ4v) is 1.03. The molecule has 0 spiro atoms. The molecule has 1 aliphatic rings. The summed E-state index contributed by atoms with van der Waals surface area (Å²) in [6.45, 7) is 0.712. The van der Waals surface area contributed by atoms with E-state index >= 15 is 0 Å². The lowest BCUT2D eigenvalue weighted by atomic mass is 10.2. The van der Waals surface area contributed by atoms with Crippen molar-refractivity contribution in [2.24, 2.45) is 0 Å². The van der Waals surface area contributed by atoms with Crippen LogP contribution in [0.1, 0.15) is 19.3 Å². The highest BCUT2D eigenvalue weighted by atomic mass is 17.1. The van der Waals surface area contributed by atoms with Gasteiger partial charge in [0.1, 0.15) is 0 Å². The van der Waals surface area contributed by atoms with Crippen LogP contribution in [-0.4, -0.2) is 23.9 Å². The van der Waals surface area contributed by atoms with Gasteiger partial charge in [0, 0.05) is 6.61 Å². The first-order valence-corrected chi connectivity index (χ1v) is 3.29. The van der Waals surface area contributed by atoms with Crippen molar-refractivity contribution < 1.29 is 19.7 Å². The van der Waals surface area contributed by atoms with Gasteiger partial charge in [0.05, 0.1) is 12.5 Å². The molecule has 4 heteroatoms. The predicted octanol–water partition coefficient (Wildman–Crippen LogP) is 0.572. The van der Waals surface area contributed by atoms with Crippen LogP contribution in [0.25, 0.3) is 0 Å². The first kappa shape index (κ1) is 7.50. The third kappa shape index (κ3) is 1.97. The second kappa shape index (κ2) is 3.53. The Hall–Kier alpha value is -0.610. The summed E-state index contributed by atoms with van der Waals surface area (Å²) < 4.78 is 5.11. The number of rotatable bonds is 2. The molecule has 0 amide bonds. The van der Waals surface area contributed by atoms with Crippen LogP contribution in [0.3, 0.4) is 0 Å². The topological polar surface area (TPSA) is 55.8 Å². The highest BCUT2D eigenvalue weighted by Crippen LogP contribution is 2.15. The molecule has 1 rings (SSSR count). The zero-order valence-electron chi connectivity index (χ0n) is 5.58. The smallest absolute Gasteiger partial charge is 0.344 e. The Bertz CT molecular complexity index is 117. The largest absolute Gasteiger partial charge is 0.378 e. The number of carbonyl (C=O) groups is 1. The quantitative estimate of drug-likeness (QED) is 0.457. The minimum Gasteiger partial charge on any atom is -0.378 e. The second-order valence-corrected chi connectivity index (χ2v) is 2.30. The average Bonchev–Trinajstić information content (AvgIpc) is 2.40. The third-order valence-corrected chi connectivity index (χ3v) is 1.52. The number of hydrogen-bond donors (Lipinski definition) is 1. The van der Waals surface area contributed by atoms with E-state index in [4.69, 9.17) is 9.99 Å². The summed E-state index contributed by atoms with van der Waals surface area (Å²) >= 11 is 0. The monoisotopic (exact) mass is 146 g/mol. The van der Waals surface area contributed by atoms with Crippen LogP contribution < -0.4 is 0 Å². The van der Waals surface area contributed by atoms with Crippen molar-refractivity contribution in [1.29, 1.82) is 0 Å². The SMILES string of the molecule is O=C(CC1CCCO1)OO. The second-order valence-electron chi connectivity index (χ2n) is 2.30. The molecule has 0 saturated carbocycles. The number of ether oxygens (including phenoxy) is 1. The summed E-state index contributed by atoms with van der Waals surface area (Å²) in [6.07, 6.45) is 1.99. The molecule has 0 aromatic carbocycles. The highest BCUT2D eigenvalue weighted by Gasteiger charge is 2.19. The molecule has 4 nitrogen and oxygen atoms in total. The third-order valence-electron chi connectivity index (χ3n) is 1.52. The maximum absolute atomic E-state index is 10.4. The summed E-state index contributed by atoms with van der Waals surface area (Å²) in [5.74, 6) is -0.619. The van der Waals surface area contributed by atoms with Crippen molar-refractivity contribution in [3.05, 3.63) is 0 Å². The Kier molecular flexibility index (Phi) is 2.65.